The number of hydrogen-bond acceptors (Lipinski definition) is 3. The first kappa shape index (κ1) is 24.3. The number of benzene rings is 2. The minimum atomic E-state index is -3.58. The molecule has 2 heterocycles. The van der Waals surface area contributed by atoms with Gasteiger partial charge in [0.1, 0.15) is 17.5 Å². The molecule has 0 radical (unpaired) electrons. The van der Waals surface area contributed by atoms with Gasteiger partial charge in [-0.25, -0.2) is 22.6 Å². The second-order valence-electron chi connectivity index (χ2n) is 9.56. The van der Waals surface area contributed by atoms with Gasteiger partial charge in [-0.2, -0.15) is 8.42 Å². The van der Waals surface area contributed by atoms with Gasteiger partial charge in [0.2, 0.25) is 0 Å². The number of nitrogens with zero attached hydrogens (tertiary/aromatic N) is 1. The fourth-order valence-electron chi connectivity index (χ4n) is 5.27. The van der Waals surface area contributed by atoms with Crippen LogP contribution < -0.4 is 9.44 Å². The lowest BCUT2D eigenvalue weighted by Gasteiger charge is -2.36. The number of nitrogens with one attached hydrogen (secondary N) is 3. The van der Waals surface area contributed by atoms with E-state index in [0.717, 1.165) is 37.6 Å². The lowest BCUT2D eigenvalue weighted by Crippen LogP contribution is -2.43. The maximum Gasteiger partial charge on any atom is 0.276 e. The molecule has 5 rings (SSSR count). The predicted octanol–water partition coefficient (Wildman–Crippen LogP) is 4.27. The van der Waals surface area contributed by atoms with Crippen LogP contribution in [0.3, 0.4) is 0 Å². The Morgan fingerprint density at radius 3 is 2.40 bits per heavy atom. The van der Waals surface area contributed by atoms with Crippen LogP contribution in [0.15, 0.2) is 36.4 Å². The monoisotopic (exact) mass is 506 g/mol. The van der Waals surface area contributed by atoms with Crippen LogP contribution in [0.1, 0.15) is 37.2 Å². The Balaban J connectivity index is 1.26. The van der Waals surface area contributed by atoms with Crippen LogP contribution in [0, 0.1) is 23.4 Å². The molecule has 2 aliphatic rings. The molecule has 0 atom stereocenters. The number of fused-ring (bicyclic) bond motifs is 1. The van der Waals surface area contributed by atoms with E-state index in [1.165, 1.54) is 18.2 Å². The highest BCUT2D eigenvalue weighted by molar-refractivity contribution is 7.87. The normalized spacial score (nSPS) is 21.0. The number of rotatable bonds is 9. The van der Waals surface area contributed by atoms with Crippen molar-refractivity contribution >= 4 is 21.1 Å². The summed E-state index contributed by atoms with van der Waals surface area (Å²) in [7, 11) is -3.58. The largest absolute Gasteiger partial charge is 0.352 e. The zero-order valence-electron chi connectivity index (χ0n) is 19.3. The number of H-pyrrole nitrogens is 1. The molecule has 0 amide bonds. The van der Waals surface area contributed by atoms with E-state index in [0.29, 0.717) is 49.1 Å². The summed E-state index contributed by atoms with van der Waals surface area (Å²) in [5, 5.41) is 0.467. The zero-order chi connectivity index (χ0) is 24.6. The Morgan fingerprint density at radius 1 is 0.971 bits per heavy atom. The van der Waals surface area contributed by atoms with E-state index < -0.39 is 21.8 Å². The molecule has 2 aromatic carbocycles. The zero-order valence-corrected chi connectivity index (χ0v) is 20.1. The number of aromatic nitrogens is 1. The van der Waals surface area contributed by atoms with Gasteiger partial charge >= 0.3 is 0 Å². The van der Waals surface area contributed by atoms with E-state index in [1.54, 1.807) is 12.1 Å². The molecule has 1 aliphatic heterocycles. The topological polar surface area (TPSA) is 77.2 Å². The van der Waals surface area contributed by atoms with Crippen molar-refractivity contribution < 1.29 is 21.6 Å². The summed E-state index contributed by atoms with van der Waals surface area (Å²) >= 11 is 0. The first-order valence-electron chi connectivity index (χ1n) is 12.0. The summed E-state index contributed by atoms with van der Waals surface area (Å²) < 4.78 is 71.9. The molecular formula is C25H29F3N4O2S. The maximum atomic E-state index is 14.5. The fraction of sp³-hybridized carbons (Fsp3) is 0.440. The summed E-state index contributed by atoms with van der Waals surface area (Å²) in [6.07, 6.45) is 3.67. The Labute approximate surface area is 203 Å². The van der Waals surface area contributed by atoms with Crippen molar-refractivity contribution in [2.24, 2.45) is 5.92 Å². The molecule has 35 heavy (non-hydrogen) atoms. The summed E-state index contributed by atoms with van der Waals surface area (Å²) in [6, 6.07) is 8.03. The lowest BCUT2D eigenvalue weighted by atomic mass is 9.70. The quantitative estimate of drug-likeness (QED) is 0.406. The molecule has 188 valence electrons. The van der Waals surface area contributed by atoms with Crippen molar-refractivity contribution in [1.29, 1.82) is 0 Å². The minimum absolute atomic E-state index is 0.00244. The van der Waals surface area contributed by atoms with E-state index >= 15 is 0 Å². The lowest BCUT2D eigenvalue weighted by molar-refractivity contribution is 0.266. The smallest absolute Gasteiger partial charge is 0.276 e. The van der Waals surface area contributed by atoms with Gasteiger partial charge in [0.05, 0.1) is 11.2 Å². The first-order valence-corrected chi connectivity index (χ1v) is 13.5. The average molecular weight is 507 g/mol. The van der Waals surface area contributed by atoms with E-state index in [-0.39, 0.29) is 23.2 Å². The molecule has 1 saturated heterocycles. The molecule has 0 unspecified atom stereocenters. The number of hydrogen-bond donors (Lipinski definition) is 3. The molecule has 10 heteroatoms. The summed E-state index contributed by atoms with van der Waals surface area (Å²) in [4.78, 5) is 5.31. The van der Waals surface area contributed by atoms with Crippen LogP contribution in [0.25, 0.3) is 22.2 Å². The standard InChI is InChI=1S/C25H29F3N4O2S/c26-19-5-3-17(4-6-19)24-23(21-13-20(27)14-22(28)25(21)31-24)18-11-16(12-18)15-30-35(33,34)29-7-10-32-8-1-2-9-32/h3-6,13-14,16,18,29-31H,1-2,7-12,15H2/t16-,18-. The Bertz CT molecular complexity index is 1300. The van der Waals surface area contributed by atoms with Crippen molar-refractivity contribution in [2.45, 2.75) is 31.6 Å². The van der Waals surface area contributed by atoms with Crippen LogP contribution >= 0.6 is 0 Å². The van der Waals surface area contributed by atoms with E-state index in [4.69, 9.17) is 0 Å². The van der Waals surface area contributed by atoms with Crippen molar-refractivity contribution in [3.05, 3.63) is 59.4 Å². The number of likely N-dealkylation sites (tertiary alicyclic amines) is 1. The molecule has 0 bridgehead atoms. The van der Waals surface area contributed by atoms with Crippen LogP contribution in [-0.4, -0.2) is 51.0 Å². The third kappa shape index (κ3) is 5.40. The molecular weight excluding hydrogens is 477 g/mol. The van der Waals surface area contributed by atoms with E-state index in [9.17, 15) is 21.6 Å². The predicted molar refractivity (Wildman–Crippen MR) is 130 cm³/mol. The van der Waals surface area contributed by atoms with E-state index in [1.807, 2.05) is 0 Å². The van der Waals surface area contributed by atoms with E-state index in [2.05, 4.69) is 19.3 Å². The molecule has 1 aliphatic carbocycles. The Morgan fingerprint density at radius 2 is 1.69 bits per heavy atom. The van der Waals surface area contributed by atoms with Crippen molar-refractivity contribution in [3.8, 4) is 11.3 Å². The highest BCUT2D eigenvalue weighted by atomic mass is 32.2. The van der Waals surface area contributed by atoms with Crippen molar-refractivity contribution in [2.75, 3.05) is 32.7 Å². The highest BCUT2D eigenvalue weighted by Crippen LogP contribution is 2.48. The highest BCUT2D eigenvalue weighted by Gasteiger charge is 2.35. The van der Waals surface area contributed by atoms with Gasteiger partial charge in [-0.15, -0.1) is 0 Å². The van der Waals surface area contributed by atoms with Gasteiger partial charge < -0.3 is 9.88 Å². The summed E-state index contributed by atoms with van der Waals surface area (Å²) in [5.74, 6) is -1.61. The molecule has 0 spiro atoms. The Hall–Kier alpha value is -2.40. The summed E-state index contributed by atoms with van der Waals surface area (Å²) in [5.41, 5.74) is 2.32. The molecule has 3 aromatic rings. The number of halogens is 3. The summed E-state index contributed by atoms with van der Waals surface area (Å²) in [6.45, 7) is 3.40. The van der Waals surface area contributed by atoms with Gasteiger partial charge in [0.25, 0.3) is 10.2 Å². The van der Waals surface area contributed by atoms with Gasteiger partial charge in [-0.05, 0) is 92.1 Å². The minimum Gasteiger partial charge on any atom is -0.352 e. The van der Waals surface area contributed by atoms with Gasteiger partial charge in [0.15, 0.2) is 0 Å². The Kier molecular flexibility index (Phi) is 6.89. The average Bonchev–Trinajstić information content (AvgIpc) is 3.42. The molecule has 6 nitrogen and oxygen atoms in total. The molecule has 3 N–H and O–H groups in total. The van der Waals surface area contributed by atoms with Gasteiger partial charge in [0, 0.05) is 31.1 Å². The van der Waals surface area contributed by atoms with Crippen LogP contribution in [0.4, 0.5) is 13.2 Å². The SMILES string of the molecule is O=S(=O)(NCCN1CCCC1)NC[C@H]1C[C@H](c2c(-c3ccc(F)cc3)[nH]c3c(F)cc(F)cc32)C1. The number of aromatic amines is 1. The second-order valence-corrected chi connectivity index (χ2v) is 11.1. The third-order valence-corrected chi connectivity index (χ3v) is 8.25. The van der Waals surface area contributed by atoms with Gasteiger partial charge in [-0.1, -0.05) is 0 Å². The second kappa shape index (κ2) is 9.93. The molecule has 2 fully saturated rings. The van der Waals surface area contributed by atoms with Crippen molar-refractivity contribution in [1.82, 2.24) is 19.3 Å². The van der Waals surface area contributed by atoms with Crippen molar-refractivity contribution in [3.63, 3.8) is 0 Å². The maximum absolute atomic E-state index is 14.5. The third-order valence-electron chi connectivity index (χ3n) is 7.12. The van der Waals surface area contributed by atoms with Gasteiger partial charge in [-0.3, -0.25) is 0 Å². The van der Waals surface area contributed by atoms with Crippen LogP contribution in [0.5, 0.6) is 0 Å². The first-order chi connectivity index (χ1) is 16.8. The molecule has 1 aromatic heterocycles. The fourth-order valence-corrected chi connectivity index (χ4v) is 6.19. The van der Waals surface area contributed by atoms with Crippen LogP contribution in [-0.2, 0) is 10.2 Å². The van der Waals surface area contributed by atoms with Crippen LogP contribution in [0.2, 0.25) is 0 Å². The molecule has 1 saturated carbocycles.